The number of anilines is 1. The molecule has 1 unspecified atom stereocenters. The normalized spacial score (nSPS) is 16.8. The number of nitrogens with zero attached hydrogens (tertiary/aromatic N) is 2. The molecule has 1 fully saturated rings. The monoisotopic (exact) mass is 451 g/mol. The van der Waals surface area contributed by atoms with E-state index < -0.39 is 16.1 Å². The van der Waals surface area contributed by atoms with Gasteiger partial charge in [-0.05, 0) is 55.8 Å². The number of hydrogen-bond acceptors (Lipinski definition) is 5. The Morgan fingerprint density at radius 3 is 2.33 bits per heavy atom. The van der Waals surface area contributed by atoms with Crippen molar-refractivity contribution in [2.24, 2.45) is 0 Å². The van der Waals surface area contributed by atoms with Gasteiger partial charge >= 0.3 is 0 Å². The Kier molecular flexibility index (Phi) is 7.02. The van der Waals surface area contributed by atoms with E-state index in [0.717, 1.165) is 5.56 Å². The third-order valence-corrected chi connectivity index (χ3v) is 7.43. The molecular formula is C21H26ClN3O4S. The summed E-state index contributed by atoms with van der Waals surface area (Å²) < 4.78 is 32.4. The van der Waals surface area contributed by atoms with Gasteiger partial charge in [0.15, 0.2) is 0 Å². The van der Waals surface area contributed by atoms with Gasteiger partial charge in [0.05, 0.1) is 23.7 Å². The number of piperazine rings is 1. The number of carbonyl (C=O) groups excluding carboxylic acids is 1. The Bertz CT molecular complexity index is 1000. The highest BCUT2D eigenvalue weighted by atomic mass is 35.5. The zero-order chi connectivity index (χ0) is 21.9. The number of nitrogens with one attached hydrogen (secondary N) is 1. The van der Waals surface area contributed by atoms with Crippen LogP contribution in [0.15, 0.2) is 47.4 Å². The maximum absolute atomic E-state index is 12.8. The lowest BCUT2D eigenvalue weighted by molar-refractivity contribution is -0.121. The van der Waals surface area contributed by atoms with Crippen molar-refractivity contribution < 1.29 is 17.9 Å². The zero-order valence-corrected chi connectivity index (χ0v) is 18.8. The molecule has 0 radical (unpaired) electrons. The first-order valence-corrected chi connectivity index (χ1v) is 11.5. The van der Waals surface area contributed by atoms with Crippen molar-refractivity contribution in [2.75, 3.05) is 38.6 Å². The van der Waals surface area contributed by atoms with Crippen LogP contribution in [0.1, 0.15) is 12.5 Å². The standard InChI is InChI=1S/C21H26ClN3O4S/c1-15-4-9-20(29-3)19(14-15)23-21(26)16(2)24-10-12-25(13-11-24)30(27,28)18-7-5-17(22)6-8-18/h4-9,14,16H,10-13H2,1-3H3,(H,23,26). The van der Waals surface area contributed by atoms with Gasteiger partial charge in [0.1, 0.15) is 5.75 Å². The number of amides is 1. The number of ether oxygens (including phenoxy) is 1. The molecule has 1 saturated heterocycles. The average molecular weight is 452 g/mol. The number of aryl methyl sites for hydroxylation is 1. The summed E-state index contributed by atoms with van der Waals surface area (Å²) in [6, 6.07) is 11.3. The summed E-state index contributed by atoms with van der Waals surface area (Å²) in [5.41, 5.74) is 1.64. The molecule has 162 valence electrons. The van der Waals surface area contributed by atoms with Gasteiger partial charge in [0.2, 0.25) is 15.9 Å². The lowest BCUT2D eigenvalue weighted by Gasteiger charge is -2.36. The van der Waals surface area contributed by atoms with E-state index in [9.17, 15) is 13.2 Å². The molecule has 0 saturated carbocycles. The van der Waals surface area contributed by atoms with Crippen LogP contribution in [0.2, 0.25) is 5.02 Å². The largest absolute Gasteiger partial charge is 0.495 e. The smallest absolute Gasteiger partial charge is 0.243 e. The van der Waals surface area contributed by atoms with E-state index in [1.165, 1.54) is 16.4 Å². The number of carbonyl (C=O) groups is 1. The number of methoxy groups -OCH3 is 1. The molecule has 1 atom stereocenters. The van der Waals surface area contributed by atoms with Crippen LogP contribution in [-0.4, -0.2) is 62.9 Å². The Morgan fingerprint density at radius 2 is 1.73 bits per heavy atom. The predicted molar refractivity (Wildman–Crippen MR) is 118 cm³/mol. The number of benzene rings is 2. The third kappa shape index (κ3) is 4.95. The quantitative estimate of drug-likeness (QED) is 0.730. The van der Waals surface area contributed by atoms with Crippen LogP contribution in [0.5, 0.6) is 5.75 Å². The van der Waals surface area contributed by atoms with Crippen molar-refractivity contribution in [3.05, 3.63) is 53.1 Å². The van der Waals surface area contributed by atoms with Crippen molar-refractivity contribution in [3.8, 4) is 5.75 Å². The SMILES string of the molecule is COc1ccc(C)cc1NC(=O)C(C)N1CCN(S(=O)(=O)c2ccc(Cl)cc2)CC1. The lowest BCUT2D eigenvalue weighted by atomic mass is 10.2. The minimum absolute atomic E-state index is 0.159. The van der Waals surface area contributed by atoms with Gasteiger partial charge < -0.3 is 10.1 Å². The van der Waals surface area contributed by atoms with Crippen LogP contribution in [0.3, 0.4) is 0 Å². The van der Waals surface area contributed by atoms with E-state index in [4.69, 9.17) is 16.3 Å². The van der Waals surface area contributed by atoms with E-state index in [0.29, 0.717) is 42.6 Å². The van der Waals surface area contributed by atoms with Crippen LogP contribution in [-0.2, 0) is 14.8 Å². The van der Waals surface area contributed by atoms with Crippen molar-refractivity contribution in [3.63, 3.8) is 0 Å². The molecule has 1 amide bonds. The second kappa shape index (κ2) is 9.34. The van der Waals surface area contributed by atoms with Crippen molar-refractivity contribution in [1.82, 2.24) is 9.21 Å². The fourth-order valence-corrected chi connectivity index (χ4v) is 4.96. The second-order valence-corrected chi connectivity index (χ2v) is 9.64. The molecule has 2 aromatic rings. The molecule has 1 heterocycles. The van der Waals surface area contributed by atoms with Crippen molar-refractivity contribution in [2.45, 2.75) is 24.8 Å². The summed E-state index contributed by atoms with van der Waals surface area (Å²) in [7, 11) is -2.02. The van der Waals surface area contributed by atoms with Gasteiger partial charge in [-0.3, -0.25) is 9.69 Å². The van der Waals surface area contributed by atoms with Crippen LogP contribution in [0, 0.1) is 6.92 Å². The van der Waals surface area contributed by atoms with Crippen molar-refractivity contribution >= 4 is 33.2 Å². The van der Waals surface area contributed by atoms with E-state index in [1.54, 1.807) is 19.2 Å². The molecule has 0 bridgehead atoms. The highest BCUT2D eigenvalue weighted by Crippen LogP contribution is 2.26. The molecule has 9 heteroatoms. The van der Waals surface area contributed by atoms with Gasteiger partial charge in [-0.2, -0.15) is 4.31 Å². The molecule has 0 spiro atoms. The average Bonchev–Trinajstić information content (AvgIpc) is 2.74. The van der Waals surface area contributed by atoms with Crippen LogP contribution >= 0.6 is 11.6 Å². The van der Waals surface area contributed by atoms with E-state index in [-0.39, 0.29) is 10.8 Å². The minimum atomic E-state index is -3.58. The Labute approximate surface area is 182 Å². The highest BCUT2D eigenvalue weighted by Gasteiger charge is 2.32. The molecule has 0 aliphatic carbocycles. The topological polar surface area (TPSA) is 79.0 Å². The van der Waals surface area contributed by atoms with E-state index >= 15 is 0 Å². The van der Waals surface area contributed by atoms with Gasteiger partial charge in [-0.15, -0.1) is 0 Å². The Balaban J connectivity index is 1.62. The molecule has 3 rings (SSSR count). The molecule has 1 aliphatic rings. The van der Waals surface area contributed by atoms with Crippen LogP contribution in [0.25, 0.3) is 0 Å². The summed E-state index contributed by atoms with van der Waals surface area (Å²) in [5.74, 6) is 0.438. The molecule has 1 N–H and O–H groups in total. The first-order valence-electron chi connectivity index (χ1n) is 9.67. The lowest BCUT2D eigenvalue weighted by Crippen LogP contribution is -2.53. The maximum atomic E-state index is 12.8. The molecular weight excluding hydrogens is 426 g/mol. The predicted octanol–water partition coefficient (Wildman–Crippen LogP) is 2.99. The molecule has 1 aliphatic heterocycles. The minimum Gasteiger partial charge on any atom is -0.495 e. The first-order chi connectivity index (χ1) is 14.2. The van der Waals surface area contributed by atoms with Gasteiger partial charge in [-0.1, -0.05) is 17.7 Å². The summed E-state index contributed by atoms with van der Waals surface area (Å²) in [6.07, 6.45) is 0. The summed E-state index contributed by atoms with van der Waals surface area (Å²) in [4.78, 5) is 15.0. The number of sulfonamides is 1. The van der Waals surface area contributed by atoms with Gasteiger partial charge in [0, 0.05) is 31.2 Å². The fourth-order valence-electron chi connectivity index (χ4n) is 3.41. The fraction of sp³-hybridized carbons (Fsp3) is 0.381. The second-order valence-electron chi connectivity index (χ2n) is 7.26. The summed E-state index contributed by atoms with van der Waals surface area (Å²) in [6.45, 7) is 5.32. The van der Waals surface area contributed by atoms with Gasteiger partial charge in [-0.25, -0.2) is 8.42 Å². The van der Waals surface area contributed by atoms with E-state index in [2.05, 4.69) is 5.32 Å². The summed E-state index contributed by atoms with van der Waals surface area (Å²) >= 11 is 5.86. The Hall–Kier alpha value is -2.13. The number of hydrogen-bond donors (Lipinski definition) is 1. The van der Waals surface area contributed by atoms with Crippen molar-refractivity contribution in [1.29, 1.82) is 0 Å². The van der Waals surface area contributed by atoms with Gasteiger partial charge in [0.25, 0.3) is 0 Å². The van der Waals surface area contributed by atoms with Crippen LogP contribution in [0.4, 0.5) is 5.69 Å². The highest BCUT2D eigenvalue weighted by molar-refractivity contribution is 7.89. The van der Waals surface area contributed by atoms with E-state index in [1.807, 2.05) is 36.9 Å². The third-order valence-electron chi connectivity index (χ3n) is 5.26. The number of halogens is 1. The molecule has 7 nitrogen and oxygen atoms in total. The molecule has 30 heavy (non-hydrogen) atoms. The maximum Gasteiger partial charge on any atom is 0.243 e. The number of rotatable bonds is 6. The van der Waals surface area contributed by atoms with Crippen LogP contribution < -0.4 is 10.1 Å². The zero-order valence-electron chi connectivity index (χ0n) is 17.3. The Morgan fingerprint density at radius 1 is 1.10 bits per heavy atom. The first kappa shape index (κ1) is 22.6. The molecule has 0 aromatic heterocycles. The molecule has 2 aromatic carbocycles. The summed E-state index contributed by atoms with van der Waals surface area (Å²) in [5, 5.41) is 3.41.